The van der Waals surface area contributed by atoms with Gasteiger partial charge in [0.15, 0.2) is 6.61 Å². The second-order valence-corrected chi connectivity index (χ2v) is 10.1. The summed E-state index contributed by atoms with van der Waals surface area (Å²) in [6, 6.07) is 19.8. The van der Waals surface area contributed by atoms with Crippen LogP contribution in [0.5, 0.6) is 5.75 Å². The quantitative estimate of drug-likeness (QED) is 0.321. The molecular formula is C26H20BrClN2O4S. The Balaban J connectivity index is 1.49. The monoisotopic (exact) mass is 570 g/mol. The normalized spacial score (nSPS) is 14.5. The molecule has 0 radical (unpaired) electrons. The van der Waals surface area contributed by atoms with Crippen LogP contribution >= 0.6 is 39.3 Å². The average Bonchev–Trinajstić information content (AvgIpc) is 3.07. The number of nitrogens with zero attached hydrogens (tertiary/aromatic N) is 1. The number of para-hydroxylation sites is 1. The van der Waals surface area contributed by atoms with Crippen molar-refractivity contribution < 1.29 is 19.1 Å². The number of imide groups is 1. The highest BCUT2D eigenvalue weighted by Gasteiger charge is 2.35. The fraction of sp³-hybridized carbons (Fsp3) is 0.115. The number of ether oxygens (including phenoxy) is 1. The van der Waals surface area contributed by atoms with E-state index in [-0.39, 0.29) is 35.1 Å². The van der Waals surface area contributed by atoms with Gasteiger partial charge >= 0.3 is 0 Å². The number of anilines is 1. The van der Waals surface area contributed by atoms with Gasteiger partial charge in [-0.05, 0) is 60.7 Å². The lowest BCUT2D eigenvalue weighted by Gasteiger charge is -2.13. The zero-order chi connectivity index (χ0) is 24.9. The molecule has 1 heterocycles. The van der Waals surface area contributed by atoms with Gasteiger partial charge in [-0.15, -0.1) is 0 Å². The molecule has 9 heteroatoms. The maximum atomic E-state index is 13.0. The Morgan fingerprint density at radius 3 is 2.69 bits per heavy atom. The third-order valence-corrected chi connectivity index (χ3v) is 6.79. The molecule has 0 aliphatic carbocycles. The molecule has 1 aliphatic heterocycles. The van der Waals surface area contributed by atoms with Crippen LogP contribution in [0.25, 0.3) is 6.08 Å². The Hall–Kier alpha value is -3.07. The Morgan fingerprint density at radius 2 is 1.91 bits per heavy atom. The lowest BCUT2D eigenvalue weighted by molar-refractivity contribution is -0.123. The number of nitrogens with one attached hydrogen (secondary N) is 1. The molecule has 0 atom stereocenters. The maximum absolute atomic E-state index is 13.0. The third kappa shape index (κ3) is 6.33. The number of thioether (sulfide) groups is 1. The molecule has 35 heavy (non-hydrogen) atoms. The molecule has 0 aromatic heterocycles. The minimum absolute atomic E-state index is 0.202. The van der Waals surface area contributed by atoms with Gasteiger partial charge in [-0.1, -0.05) is 69.5 Å². The predicted octanol–water partition coefficient (Wildman–Crippen LogP) is 6.66. The van der Waals surface area contributed by atoms with Crippen LogP contribution in [-0.4, -0.2) is 28.6 Å². The number of benzene rings is 3. The molecule has 1 fully saturated rings. The van der Waals surface area contributed by atoms with Gasteiger partial charge in [0, 0.05) is 10.0 Å². The first kappa shape index (κ1) is 25.0. The van der Waals surface area contributed by atoms with Crippen molar-refractivity contribution in [2.24, 2.45) is 0 Å². The van der Waals surface area contributed by atoms with Gasteiger partial charge in [0.05, 0.1) is 22.2 Å². The van der Waals surface area contributed by atoms with Crippen molar-refractivity contribution in [3.63, 3.8) is 0 Å². The van der Waals surface area contributed by atoms with Crippen LogP contribution in [0.15, 0.2) is 76.1 Å². The fourth-order valence-corrected chi connectivity index (χ4v) is 4.82. The summed E-state index contributed by atoms with van der Waals surface area (Å²) in [5.41, 5.74) is 2.98. The van der Waals surface area contributed by atoms with Crippen molar-refractivity contribution in [1.82, 2.24) is 4.90 Å². The Kier molecular flexibility index (Phi) is 7.95. The lowest BCUT2D eigenvalue weighted by atomic mass is 10.1. The summed E-state index contributed by atoms with van der Waals surface area (Å²) < 4.78 is 6.49. The largest absolute Gasteiger partial charge is 0.483 e. The van der Waals surface area contributed by atoms with E-state index >= 15 is 0 Å². The molecule has 6 nitrogen and oxygen atoms in total. The lowest BCUT2D eigenvalue weighted by Crippen LogP contribution is -2.27. The molecular weight excluding hydrogens is 552 g/mol. The highest BCUT2D eigenvalue weighted by Crippen LogP contribution is 2.35. The summed E-state index contributed by atoms with van der Waals surface area (Å²) in [6.45, 7) is 1.90. The smallest absolute Gasteiger partial charge is 0.293 e. The number of hydrogen-bond donors (Lipinski definition) is 1. The summed E-state index contributed by atoms with van der Waals surface area (Å²) in [4.78, 5) is 39.4. The minimum Gasteiger partial charge on any atom is -0.483 e. The summed E-state index contributed by atoms with van der Waals surface area (Å²) in [5.74, 6) is -0.359. The van der Waals surface area contributed by atoms with E-state index in [0.717, 1.165) is 27.4 Å². The molecule has 1 aliphatic rings. The van der Waals surface area contributed by atoms with E-state index in [1.54, 1.807) is 48.5 Å². The number of rotatable bonds is 7. The zero-order valence-corrected chi connectivity index (χ0v) is 21.7. The topological polar surface area (TPSA) is 75.7 Å². The van der Waals surface area contributed by atoms with Crippen LogP contribution in [0, 0.1) is 6.92 Å². The van der Waals surface area contributed by atoms with E-state index in [0.29, 0.717) is 22.0 Å². The predicted molar refractivity (Wildman–Crippen MR) is 142 cm³/mol. The number of halogens is 2. The van der Waals surface area contributed by atoms with Gasteiger partial charge in [0.2, 0.25) is 0 Å². The summed E-state index contributed by atoms with van der Waals surface area (Å²) in [5, 5.41) is 2.79. The van der Waals surface area contributed by atoms with E-state index in [1.807, 2.05) is 31.2 Å². The molecule has 3 amide bonds. The highest BCUT2D eigenvalue weighted by molar-refractivity contribution is 9.10. The first-order valence-corrected chi connectivity index (χ1v) is 12.6. The molecule has 1 N–H and O–H groups in total. The zero-order valence-electron chi connectivity index (χ0n) is 18.6. The number of amides is 3. The molecule has 4 rings (SSSR count). The SMILES string of the molecule is Cc1cccc(CN2C(=O)S/C(=C\c3cc(Br)ccc3OCC(=O)Nc3ccccc3Cl)C2=O)c1. The minimum atomic E-state index is -0.384. The van der Waals surface area contributed by atoms with Gasteiger partial charge in [-0.25, -0.2) is 0 Å². The van der Waals surface area contributed by atoms with E-state index in [9.17, 15) is 14.4 Å². The molecule has 3 aromatic rings. The number of carbonyl (C=O) groups excluding carboxylic acids is 3. The van der Waals surface area contributed by atoms with E-state index in [2.05, 4.69) is 21.2 Å². The van der Waals surface area contributed by atoms with Crippen molar-refractivity contribution in [2.45, 2.75) is 13.5 Å². The van der Waals surface area contributed by atoms with Crippen LogP contribution in [0.1, 0.15) is 16.7 Å². The van der Waals surface area contributed by atoms with Crippen molar-refractivity contribution in [2.75, 3.05) is 11.9 Å². The maximum Gasteiger partial charge on any atom is 0.293 e. The first-order valence-electron chi connectivity index (χ1n) is 10.6. The molecule has 0 bridgehead atoms. The Labute approximate surface area is 220 Å². The summed E-state index contributed by atoms with van der Waals surface area (Å²) in [6.07, 6.45) is 1.60. The van der Waals surface area contributed by atoms with Crippen molar-refractivity contribution in [3.05, 3.63) is 97.8 Å². The van der Waals surface area contributed by atoms with Crippen LogP contribution in [0.4, 0.5) is 10.5 Å². The number of aryl methyl sites for hydroxylation is 1. The van der Waals surface area contributed by atoms with Crippen LogP contribution in [-0.2, 0) is 16.1 Å². The molecule has 178 valence electrons. The average molecular weight is 572 g/mol. The van der Waals surface area contributed by atoms with Crippen LogP contribution in [0.3, 0.4) is 0 Å². The van der Waals surface area contributed by atoms with Crippen molar-refractivity contribution >= 4 is 68.1 Å². The van der Waals surface area contributed by atoms with Gasteiger partial charge in [-0.3, -0.25) is 19.3 Å². The summed E-state index contributed by atoms with van der Waals surface area (Å²) in [7, 11) is 0. The molecule has 0 unspecified atom stereocenters. The second kappa shape index (κ2) is 11.1. The second-order valence-electron chi connectivity index (χ2n) is 7.76. The van der Waals surface area contributed by atoms with E-state index in [4.69, 9.17) is 16.3 Å². The van der Waals surface area contributed by atoms with E-state index in [1.165, 1.54) is 4.90 Å². The van der Waals surface area contributed by atoms with Crippen molar-refractivity contribution in [1.29, 1.82) is 0 Å². The third-order valence-electron chi connectivity index (χ3n) is 5.06. The Morgan fingerprint density at radius 1 is 1.11 bits per heavy atom. The molecule has 0 saturated carbocycles. The first-order chi connectivity index (χ1) is 16.8. The van der Waals surface area contributed by atoms with E-state index < -0.39 is 0 Å². The molecule has 3 aromatic carbocycles. The molecule has 0 spiro atoms. The Bertz CT molecular complexity index is 1340. The van der Waals surface area contributed by atoms with Crippen LogP contribution in [0.2, 0.25) is 5.02 Å². The van der Waals surface area contributed by atoms with Crippen LogP contribution < -0.4 is 10.1 Å². The van der Waals surface area contributed by atoms with Crippen molar-refractivity contribution in [3.8, 4) is 5.75 Å². The summed E-state index contributed by atoms with van der Waals surface area (Å²) >= 11 is 10.4. The number of hydrogen-bond acceptors (Lipinski definition) is 5. The highest BCUT2D eigenvalue weighted by atomic mass is 79.9. The fourth-order valence-electron chi connectivity index (χ4n) is 3.43. The molecule has 1 saturated heterocycles. The van der Waals surface area contributed by atoms with Gasteiger partial charge in [0.25, 0.3) is 17.1 Å². The standard InChI is InChI=1S/C26H20BrClN2O4S/c1-16-5-4-6-17(11-16)14-30-25(32)23(35-26(30)33)13-18-12-19(27)9-10-22(18)34-15-24(31)29-21-8-3-2-7-20(21)28/h2-13H,14-15H2,1H3,(H,29,31)/b23-13-. The van der Waals surface area contributed by atoms with Gasteiger partial charge in [0.1, 0.15) is 5.75 Å². The number of carbonyl (C=O) groups is 3. The van der Waals surface area contributed by atoms with Gasteiger partial charge in [-0.2, -0.15) is 0 Å². The van der Waals surface area contributed by atoms with Gasteiger partial charge < -0.3 is 10.1 Å².